The lowest BCUT2D eigenvalue weighted by atomic mass is 10.1. The van der Waals surface area contributed by atoms with E-state index in [0.29, 0.717) is 31.1 Å². The molecule has 0 bridgehead atoms. The van der Waals surface area contributed by atoms with Crippen molar-refractivity contribution in [1.82, 2.24) is 4.98 Å². The first-order valence-electron chi connectivity index (χ1n) is 11.1. The maximum atomic E-state index is 11.9. The van der Waals surface area contributed by atoms with Crippen LogP contribution in [-0.2, 0) is 22.4 Å². The van der Waals surface area contributed by atoms with E-state index in [1.807, 2.05) is 56.3 Å². The fraction of sp³-hybridized carbons (Fsp3) is 0.385. The van der Waals surface area contributed by atoms with Crippen molar-refractivity contribution < 1.29 is 23.4 Å². The molecule has 1 aromatic heterocycles. The van der Waals surface area contributed by atoms with Crippen molar-refractivity contribution >= 4 is 5.97 Å². The molecule has 2 aromatic carbocycles. The number of rotatable bonds is 9. The summed E-state index contributed by atoms with van der Waals surface area (Å²) in [4.78, 5) is 16.6. The minimum Gasteiger partial charge on any atom is -0.493 e. The van der Waals surface area contributed by atoms with E-state index in [1.54, 1.807) is 7.11 Å². The van der Waals surface area contributed by atoms with Crippen LogP contribution in [-0.4, -0.2) is 24.7 Å². The molecule has 0 saturated carbocycles. The number of hydrogen-bond donors (Lipinski definition) is 0. The Morgan fingerprint density at radius 3 is 2.75 bits per heavy atom. The Labute approximate surface area is 188 Å². The normalized spacial score (nSPS) is 14.8. The summed E-state index contributed by atoms with van der Waals surface area (Å²) in [6.45, 7) is 4.34. The third kappa shape index (κ3) is 4.64. The number of benzene rings is 2. The molecule has 0 aliphatic heterocycles. The summed E-state index contributed by atoms with van der Waals surface area (Å²) in [7, 11) is 1.65. The summed E-state index contributed by atoms with van der Waals surface area (Å²) in [5.41, 5.74) is 3.91. The second-order valence-corrected chi connectivity index (χ2v) is 7.92. The molecule has 0 spiro atoms. The lowest BCUT2D eigenvalue weighted by Gasteiger charge is -2.16. The number of hydrogen-bond acceptors (Lipinski definition) is 6. The van der Waals surface area contributed by atoms with Crippen LogP contribution < -0.4 is 9.47 Å². The van der Waals surface area contributed by atoms with Gasteiger partial charge in [-0.05, 0) is 49.9 Å². The van der Waals surface area contributed by atoms with Gasteiger partial charge in [-0.3, -0.25) is 4.79 Å². The van der Waals surface area contributed by atoms with E-state index in [0.717, 1.165) is 53.2 Å². The standard InChI is InChI=1S/C26H29NO5/c1-4-8-24(28)32-22-13-12-20-19(22)11-14-23(25(20)29-3)30-16-15-21-17(2)31-26(27-21)18-9-6-5-7-10-18/h5-7,9-11,14,22H,4,8,12-13,15-16H2,1-3H3. The SMILES string of the molecule is CCCC(=O)OC1CCc2c1ccc(OCCc1nc(-c3ccccc3)oc1C)c2OC. The summed E-state index contributed by atoms with van der Waals surface area (Å²) in [6, 6.07) is 13.7. The highest BCUT2D eigenvalue weighted by molar-refractivity contribution is 5.70. The Morgan fingerprint density at radius 2 is 2.00 bits per heavy atom. The number of fused-ring (bicyclic) bond motifs is 1. The van der Waals surface area contributed by atoms with Crippen LogP contribution in [0.5, 0.6) is 11.5 Å². The maximum absolute atomic E-state index is 11.9. The predicted molar refractivity (Wildman–Crippen MR) is 121 cm³/mol. The molecule has 1 heterocycles. The smallest absolute Gasteiger partial charge is 0.306 e. The van der Waals surface area contributed by atoms with Crippen LogP contribution in [0.25, 0.3) is 11.5 Å². The molecule has 0 amide bonds. The third-order valence-corrected chi connectivity index (χ3v) is 5.71. The predicted octanol–water partition coefficient (Wildman–Crippen LogP) is 5.61. The van der Waals surface area contributed by atoms with Crippen molar-refractivity contribution in [3.8, 4) is 23.0 Å². The highest BCUT2D eigenvalue weighted by Crippen LogP contribution is 2.44. The van der Waals surface area contributed by atoms with E-state index >= 15 is 0 Å². The number of carbonyl (C=O) groups is 1. The number of ether oxygens (including phenoxy) is 3. The molecule has 32 heavy (non-hydrogen) atoms. The molecule has 0 radical (unpaired) electrons. The molecule has 0 saturated heterocycles. The number of methoxy groups -OCH3 is 1. The quantitative estimate of drug-likeness (QED) is 0.407. The van der Waals surface area contributed by atoms with Crippen LogP contribution in [0.2, 0.25) is 0 Å². The third-order valence-electron chi connectivity index (χ3n) is 5.71. The monoisotopic (exact) mass is 435 g/mol. The van der Waals surface area contributed by atoms with Crippen LogP contribution >= 0.6 is 0 Å². The average molecular weight is 436 g/mol. The summed E-state index contributed by atoms with van der Waals surface area (Å²) in [6.07, 6.45) is 3.21. The fourth-order valence-corrected chi connectivity index (χ4v) is 4.12. The minimum absolute atomic E-state index is 0.150. The molecule has 6 heteroatoms. The van der Waals surface area contributed by atoms with Crippen LogP contribution in [0, 0.1) is 6.92 Å². The van der Waals surface area contributed by atoms with E-state index in [2.05, 4.69) is 4.98 Å². The van der Waals surface area contributed by atoms with E-state index in [9.17, 15) is 4.79 Å². The second-order valence-electron chi connectivity index (χ2n) is 7.92. The van der Waals surface area contributed by atoms with Gasteiger partial charge in [-0.2, -0.15) is 0 Å². The maximum Gasteiger partial charge on any atom is 0.306 e. The van der Waals surface area contributed by atoms with Gasteiger partial charge < -0.3 is 18.6 Å². The first-order chi connectivity index (χ1) is 15.6. The van der Waals surface area contributed by atoms with Gasteiger partial charge in [-0.25, -0.2) is 4.98 Å². The summed E-state index contributed by atoms with van der Waals surface area (Å²) < 4.78 is 23.2. The van der Waals surface area contributed by atoms with Gasteiger partial charge in [0.15, 0.2) is 11.5 Å². The first-order valence-corrected chi connectivity index (χ1v) is 11.1. The van der Waals surface area contributed by atoms with E-state index in [4.69, 9.17) is 18.6 Å². The number of esters is 1. The molecule has 0 N–H and O–H groups in total. The largest absolute Gasteiger partial charge is 0.493 e. The van der Waals surface area contributed by atoms with E-state index in [-0.39, 0.29) is 12.1 Å². The van der Waals surface area contributed by atoms with Crippen LogP contribution in [0.4, 0.5) is 0 Å². The second kappa shape index (κ2) is 9.90. The zero-order chi connectivity index (χ0) is 22.5. The molecule has 1 aliphatic rings. The molecule has 1 aliphatic carbocycles. The summed E-state index contributed by atoms with van der Waals surface area (Å²) >= 11 is 0. The van der Waals surface area contributed by atoms with Crippen molar-refractivity contribution in [2.45, 2.75) is 52.1 Å². The zero-order valence-corrected chi connectivity index (χ0v) is 18.8. The number of aryl methyl sites for hydroxylation is 1. The number of oxazole rings is 1. The molecule has 1 unspecified atom stereocenters. The Kier molecular flexibility index (Phi) is 6.78. The van der Waals surface area contributed by atoms with Gasteiger partial charge >= 0.3 is 5.97 Å². The molecular formula is C26H29NO5. The van der Waals surface area contributed by atoms with E-state index in [1.165, 1.54) is 0 Å². The Balaban J connectivity index is 1.42. The Morgan fingerprint density at radius 1 is 1.19 bits per heavy atom. The van der Waals surface area contributed by atoms with Gasteiger partial charge in [0.05, 0.1) is 19.4 Å². The molecule has 0 fully saturated rings. The molecule has 6 nitrogen and oxygen atoms in total. The van der Waals surface area contributed by atoms with Crippen molar-refractivity contribution in [3.63, 3.8) is 0 Å². The van der Waals surface area contributed by atoms with Gasteiger partial charge in [0.1, 0.15) is 11.9 Å². The van der Waals surface area contributed by atoms with Crippen LogP contribution in [0.1, 0.15) is 54.9 Å². The summed E-state index contributed by atoms with van der Waals surface area (Å²) in [5.74, 6) is 2.68. The van der Waals surface area contributed by atoms with Gasteiger partial charge in [0, 0.05) is 24.0 Å². The number of nitrogens with zero attached hydrogens (tertiary/aromatic N) is 1. The first kappa shape index (κ1) is 21.9. The molecule has 4 rings (SSSR count). The topological polar surface area (TPSA) is 70.8 Å². The lowest BCUT2D eigenvalue weighted by molar-refractivity contribution is -0.149. The molecule has 1 atom stereocenters. The Hall–Kier alpha value is -3.28. The van der Waals surface area contributed by atoms with Crippen LogP contribution in [0.3, 0.4) is 0 Å². The molecular weight excluding hydrogens is 406 g/mol. The van der Waals surface area contributed by atoms with E-state index < -0.39 is 0 Å². The molecule has 168 valence electrons. The van der Waals surface area contributed by atoms with Gasteiger partial charge in [-0.1, -0.05) is 31.2 Å². The van der Waals surface area contributed by atoms with Crippen molar-refractivity contribution in [2.24, 2.45) is 0 Å². The van der Waals surface area contributed by atoms with Gasteiger partial charge in [0.25, 0.3) is 0 Å². The number of carbonyl (C=O) groups excluding carboxylic acids is 1. The highest BCUT2D eigenvalue weighted by Gasteiger charge is 2.30. The minimum atomic E-state index is -0.207. The van der Waals surface area contributed by atoms with Crippen LogP contribution in [0.15, 0.2) is 46.9 Å². The highest BCUT2D eigenvalue weighted by atomic mass is 16.5. The fourth-order valence-electron chi connectivity index (χ4n) is 4.12. The average Bonchev–Trinajstić information content (AvgIpc) is 3.38. The zero-order valence-electron chi connectivity index (χ0n) is 18.8. The lowest BCUT2D eigenvalue weighted by Crippen LogP contribution is -2.09. The Bertz CT molecular complexity index is 1070. The van der Waals surface area contributed by atoms with Gasteiger partial charge in [0.2, 0.25) is 5.89 Å². The van der Waals surface area contributed by atoms with Crippen molar-refractivity contribution in [1.29, 1.82) is 0 Å². The summed E-state index contributed by atoms with van der Waals surface area (Å²) in [5, 5.41) is 0. The van der Waals surface area contributed by atoms with Crippen molar-refractivity contribution in [3.05, 3.63) is 65.0 Å². The number of aromatic nitrogens is 1. The van der Waals surface area contributed by atoms with Crippen molar-refractivity contribution in [2.75, 3.05) is 13.7 Å². The van der Waals surface area contributed by atoms with Gasteiger partial charge in [-0.15, -0.1) is 0 Å². The molecule has 3 aromatic rings.